The molecule has 0 spiro atoms. The molecule has 1 aliphatic carbocycles. The molecule has 0 radical (unpaired) electrons. The van der Waals surface area contributed by atoms with E-state index in [1.807, 2.05) is 23.6 Å². The third kappa shape index (κ3) is 8.31. The Morgan fingerprint density at radius 1 is 0.969 bits per heavy atom. The molecule has 0 atom stereocenters. The highest BCUT2D eigenvalue weighted by Gasteiger charge is 2.17. The number of thiophene rings is 1. The van der Waals surface area contributed by atoms with Gasteiger partial charge in [0.15, 0.2) is 6.61 Å². The molecule has 0 unspecified atom stereocenters. The number of rotatable bonds is 9. The maximum atomic E-state index is 12.5. The number of ether oxygens (including phenoxy) is 1. The predicted molar refractivity (Wildman–Crippen MR) is 128 cm³/mol. The van der Waals surface area contributed by atoms with Gasteiger partial charge in [-0.25, -0.2) is 4.79 Å². The lowest BCUT2D eigenvalue weighted by Crippen LogP contribution is -2.36. The zero-order valence-corrected chi connectivity index (χ0v) is 19.8. The van der Waals surface area contributed by atoms with E-state index in [1.54, 1.807) is 29.5 Å². The maximum absolute atomic E-state index is 12.5. The van der Waals surface area contributed by atoms with Crippen LogP contribution in [-0.2, 0) is 20.9 Å². The summed E-state index contributed by atoms with van der Waals surface area (Å²) in [6, 6.07) is 11.1. The fourth-order valence-corrected chi connectivity index (χ4v) is 5.13. The van der Waals surface area contributed by atoms with Crippen LogP contribution in [0.25, 0.3) is 0 Å². The first kappa shape index (κ1) is 24.3. The number of hydrogen-bond donors (Lipinski definition) is 2. The standard InChI is InChI=1S/C24H30N2O4S2/c27-22(25-15-19-11-8-14-31-19)16-30-24(29)20-12-6-7-13-21(20)32-17-23(28)26-18-9-4-2-1-3-5-10-18/h6-8,11-14,18H,1-5,9-10,15-17H2,(H,25,27)(H,26,28). The predicted octanol–water partition coefficient (Wildman–Crippen LogP) is 4.54. The average Bonchev–Trinajstić information content (AvgIpc) is 3.30. The topological polar surface area (TPSA) is 84.5 Å². The van der Waals surface area contributed by atoms with Crippen molar-refractivity contribution in [1.82, 2.24) is 10.6 Å². The molecule has 2 N–H and O–H groups in total. The normalized spacial score (nSPS) is 14.8. The van der Waals surface area contributed by atoms with Gasteiger partial charge >= 0.3 is 5.97 Å². The molecule has 8 heteroatoms. The number of carbonyl (C=O) groups is 3. The summed E-state index contributed by atoms with van der Waals surface area (Å²) >= 11 is 2.86. The van der Waals surface area contributed by atoms with Crippen molar-refractivity contribution < 1.29 is 19.1 Å². The van der Waals surface area contributed by atoms with E-state index in [9.17, 15) is 14.4 Å². The minimum atomic E-state index is -0.570. The summed E-state index contributed by atoms with van der Waals surface area (Å²) < 4.78 is 5.19. The lowest BCUT2D eigenvalue weighted by atomic mass is 9.97. The molecule has 1 saturated carbocycles. The summed E-state index contributed by atoms with van der Waals surface area (Å²) in [4.78, 5) is 38.6. The maximum Gasteiger partial charge on any atom is 0.339 e. The summed E-state index contributed by atoms with van der Waals surface area (Å²) in [5.41, 5.74) is 0.363. The van der Waals surface area contributed by atoms with Crippen molar-refractivity contribution in [2.75, 3.05) is 12.4 Å². The van der Waals surface area contributed by atoms with Gasteiger partial charge in [0.05, 0.1) is 17.9 Å². The van der Waals surface area contributed by atoms with E-state index in [4.69, 9.17) is 4.74 Å². The van der Waals surface area contributed by atoms with Crippen LogP contribution < -0.4 is 10.6 Å². The Balaban J connectivity index is 1.45. The van der Waals surface area contributed by atoms with Crippen molar-refractivity contribution in [3.63, 3.8) is 0 Å². The molecule has 0 saturated heterocycles. The van der Waals surface area contributed by atoms with Crippen molar-refractivity contribution in [2.45, 2.75) is 62.4 Å². The monoisotopic (exact) mass is 474 g/mol. The number of hydrogen-bond acceptors (Lipinski definition) is 6. The number of carbonyl (C=O) groups excluding carboxylic acids is 3. The van der Waals surface area contributed by atoms with Gasteiger partial charge < -0.3 is 15.4 Å². The Hall–Kier alpha value is -2.32. The van der Waals surface area contributed by atoms with Crippen LogP contribution >= 0.6 is 23.1 Å². The third-order valence-corrected chi connectivity index (χ3v) is 7.26. The summed E-state index contributed by atoms with van der Waals surface area (Å²) in [7, 11) is 0. The van der Waals surface area contributed by atoms with Crippen molar-refractivity contribution in [3.05, 3.63) is 52.2 Å². The van der Waals surface area contributed by atoms with Crippen LogP contribution in [0, 0.1) is 0 Å². The largest absolute Gasteiger partial charge is 0.452 e. The molecule has 0 bridgehead atoms. The zero-order valence-electron chi connectivity index (χ0n) is 18.1. The van der Waals surface area contributed by atoms with E-state index >= 15 is 0 Å². The summed E-state index contributed by atoms with van der Waals surface area (Å²) in [5.74, 6) is -0.700. The second kappa shape index (κ2) is 13.3. The molecular weight excluding hydrogens is 444 g/mol. The third-order valence-electron chi connectivity index (χ3n) is 5.31. The van der Waals surface area contributed by atoms with E-state index in [1.165, 1.54) is 31.0 Å². The molecule has 2 aromatic rings. The average molecular weight is 475 g/mol. The van der Waals surface area contributed by atoms with Crippen LogP contribution in [0.2, 0.25) is 0 Å². The first-order valence-electron chi connectivity index (χ1n) is 11.1. The first-order valence-corrected chi connectivity index (χ1v) is 13.0. The Labute approximate surface area is 197 Å². The molecule has 1 heterocycles. The number of esters is 1. The van der Waals surface area contributed by atoms with Crippen molar-refractivity contribution in [1.29, 1.82) is 0 Å². The van der Waals surface area contributed by atoms with Crippen molar-refractivity contribution >= 4 is 40.9 Å². The summed E-state index contributed by atoms with van der Waals surface area (Å²) in [6.07, 6.45) is 8.16. The Bertz CT molecular complexity index is 878. The van der Waals surface area contributed by atoms with Gasteiger partial charge in [0.2, 0.25) is 5.91 Å². The van der Waals surface area contributed by atoms with Gasteiger partial charge in [-0.2, -0.15) is 0 Å². The Morgan fingerprint density at radius 3 is 2.47 bits per heavy atom. The molecule has 1 aliphatic rings. The smallest absolute Gasteiger partial charge is 0.339 e. The number of amides is 2. The molecular formula is C24H30N2O4S2. The Kier molecular flexibility index (Phi) is 10.1. The van der Waals surface area contributed by atoms with Crippen LogP contribution in [0.1, 0.15) is 60.2 Å². The van der Waals surface area contributed by atoms with Crippen LogP contribution in [0.5, 0.6) is 0 Å². The van der Waals surface area contributed by atoms with Crippen molar-refractivity contribution in [2.24, 2.45) is 0 Å². The second-order valence-corrected chi connectivity index (χ2v) is 9.88. The van der Waals surface area contributed by atoms with Crippen LogP contribution in [0.4, 0.5) is 0 Å². The number of benzene rings is 1. The van der Waals surface area contributed by atoms with E-state index in [-0.39, 0.29) is 30.2 Å². The first-order chi connectivity index (χ1) is 15.6. The highest BCUT2D eigenvalue weighted by molar-refractivity contribution is 8.00. The highest BCUT2D eigenvalue weighted by atomic mass is 32.2. The Morgan fingerprint density at radius 2 is 1.72 bits per heavy atom. The molecule has 1 aromatic carbocycles. The number of nitrogens with one attached hydrogen (secondary N) is 2. The molecule has 1 aromatic heterocycles. The van der Waals surface area contributed by atoms with E-state index < -0.39 is 5.97 Å². The van der Waals surface area contributed by atoms with Gasteiger partial charge in [0, 0.05) is 15.8 Å². The van der Waals surface area contributed by atoms with Gasteiger partial charge in [-0.15, -0.1) is 23.1 Å². The van der Waals surface area contributed by atoms with Gasteiger partial charge in [0.1, 0.15) is 0 Å². The zero-order chi connectivity index (χ0) is 22.6. The fourth-order valence-electron chi connectivity index (χ4n) is 3.63. The quantitative estimate of drug-likeness (QED) is 0.412. The van der Waals surface area contributed by atoms with Crippen LogP contribution in [-0.4, -0.2) is 36.2 Å². The minimum absolute atomic E-state index is 0.0169. The molecule has 0 aliphatic heterocycles. The minimum Gasteiger partial charge on any atom is -0.452 e. The molecule has 172 valence electrons. The van der Waals surface area contributed by atoms with Gasteiger partial charge in [0.25, 0.3) is 5.91 Å². The second-order valence-electron chi connectivity index (χ2n) is 7.83. The van der Waals surface area contributed by atoms with Crippen LogP contribution in [0.15, 0.2) is 46.7 Å². The number of thioether (sulfide) groups is 1. The molecule has 1 fully saturated rings. The summed E-state index contributed by atoms with van der Waals surface area (Å²) in [5, 5.41) is 7.81. The summed E-state index contributed by atoms with van der Waals surface area (Å²) in [6.45, 7) is 0.0714. The van der Waals surface area contributed by atoms with E-state index in [2.05, 4.69) is 10.6 Å². The molecule has 2 amide bonds. The van der Waals surface area contributed by atoms with Crippen molar-refractivity contribution in [3.8, 4) is 0 Å². The lowest BCUT2D eigenvalue weighted by Gasteiger charge is -2.21. The SMILES string of the molecule is O=C(COC(=O)c1ccccc1SCC(=O)NC1CCCCCCC1)NCc1cccs1. The molecule has 32 heavy (non-hydrogen) atoms. The molecule has 6 nitrogen and oxygen atoms in total. The van der Waals surface area contributed by atoms with E-state index in [0.717, 1.165) is 30.6 Å². The highest BCUT2D eigenvalue weighted by Crippen LogP contribution is 2.24. The van der Waals surface area contributed by atoms with Gasteiger partial charge in [-0.1, -0.05) is 50.3 Å². The van der Waals surface area contributed by atoms with Gasteiger partial charge in [-0.3, -0.25) is 9.59 Å². The van der Waals surface area contributed by atoms with Crippen LogP contribution in [0.3, 0.4) is 0 Å². The fraction of sp³-hybridized carbons (Fsp3) is 0.458. The van der Waals surface area contributed by atoms with E-state index in [0.29, 0.717) is 17.0 Å². The van der Waals surface area contributed by atoms with Gasteiger partial charge in [-0.05, 0) is 36.4 Å². The molecule has 3 rings (SSSR count). The lowest BCUT2D eigenvalue weighted by molar-refractivity contribution is -0.124.